The summed E-state index contributed by atoms with van der Waals surface area (Å²) in [5.41, 5.74) is 2.85. The van der Waals surface area contributed by atoms with E-state index in [0.29, 0.717) is 18.9 Å². The van der Waals surface area contributed by atoms with Crippen LogP contribution in [0.2, 0.25) is 0 Å². The molecule has 1 aromatic heterocycles. The summed E-state index contributed by atoms with van der Waals surface area (Å²) in [5, 5.41) is 0. The van der Waals surface area contributed by atoms with Crippen molar-refractivity contribution in [2.24, 2.45) is 5.92 Å². The summed E-state index contributed by atoms with van der Waals surface area (Å²) in [7, 11) is 1.42. The lowest BCUT2D eigenvalue weighted by atomic mass is 9.94. The molecule has 0 saturated carbocycles. The molecule has 0 bridgehead atoms. The summed E-state index contributed by atoms with van der Waals surface area (Å²) >= 11 is 0. The third-order valence-corrected chi connectivity index (χ3v) is 4.26. The van der Waals surface area contributed by atoms with Crippen LogP contribution in [0.15, 0.2) is 54.1 Å². The van der Waals surface area contributed by atoms with Gasteiger partial charge in [-0.3, -0.25) is 0 Å². The first kappa shape index (κ1) is 22.9. The molecular formula is C21H26N2O5. The Morgan fingerprint density at radius 1 is 1.21 bits per heavy atom. The lowest BCUT2D eigenvalue weighted by Gasteiger charge is -2.14. The topological polar surface area (TPSA) is 87.5 Å². The third kappa shape index (κ3) is 7.60. The molecule has 1 heterocycles. The van der Waals surface area contributed by atoms with E-state index in [4.69, 9.17) is 19.1 Å². The van der Waals surface area contributed by atoms with E-state index in [9.17, 15) is 4.79 Å². The van der Waals surface area contributed by atoms with Gasteiger partial charge in [-0.1, -0.05) is 31.6 Å². The van der Waals surface area contributed by atoms with Crippen LogP contribution in [0.4, 0.5) is 0 Å². The fraction of sp³-hybridized carbons (Fsp3) is 0.381. The maximum absolute atomic E-state index is 12.1. The minimum absolute atomic E-state index is 0.250. The van der Waals surface area contributed by atoms with Crippen molar-refractivity contribution in [3.63, 3.8) is 0 Å². The van der Waals surface area contributed by atoms with Crippen molar-refractivity contribution in [2.45, 2.75) is 33.7 Å². The van der Waals surface area contributed by atoms with Crippen molar-refractivity contribution in [1.29, 1.82) is 0 Å². The highest BCUT2D eigenvalue weighted by atomic mass is 16.5. The number of esters is 1. The van der Waals surface area contributed by atoms with Gasteiger partial charge in [-0.05, 0) is 30.5 Å². The zero-order valence-electron chi connectivity index (χ0n) is 16.7. The van der Waals surface area contributed by atoms with Crippen LogP contribution in [0.5, 0.6) is 5.75 Å². The van der Waals surface area contributed by atoms with Gasteiger partial charge in [0.2, 0.25) is 0 Å². The molecule has 0 unspecified atom stereocenters. The molecule has 28 heavy (non-hydrogen) atoms. The van der Waals surface area contributed by atoms with Gasteiger partial charge >= 0.3 is 12.1 Å². The summed E-state index contributed by atoms with van der Waals surface area (Å²) in [5.74, 6) is 0.861. The van der Waals surface area contributed by atoms with Crippen LogP contribution in [0.3, 0.4) is 0 Å². The number of hydrogen-bond donors (Lipinski definition) is 0. The van der Waals surface area contributed by atoms with Crippen LogP contribution in [-0.2, 0) is 32.1 Å². The summed E-state index contributed by atoms with van der Waals surface area (Å²) in [4.78, 5) is 32.3. The molecule has 0 amide bonds. The molecule has 2 rings (SSSR count). The average molecular weight is 386 g/mol. The lowest BCUT2D eigenvalue weighted by Crippen LogP contribution is -2.12. The van der Waals surface area contributed by atoms with Crippen molar-refractivity contribution in [3.05, 3.63) is 59.7 Å². The largest absolute Gasteiger partial charge is 0.492 e. The number of aromatic nitrogens is 2. The van der Waals surface area contributed by atoms with Gasteiger partial charge in [0.25, 0.3) is 0 Å². The number of carbonyl (C=O) groups is 1. The molecule has 0 saturated heterocycles. The molecule has 0 aliphatic carbocycles. The fourth-order valence-electron chi connectivity index (χ4n) is 2.44. The molecule has 0 atom stereocenters. The third-order valence-electron chi connectivity index (χ3n) is 4.26. The van der Waals surface area contributed by atoms with Crippen molar-refractivity contribution in [2.75, 3.05) is 13.7 Å². The molecule has 7 heteroatoms. The van der Waals surface area contributed by atoms with Gasteiger partial charge in [-0.2, -0.15) is 9.59 Å². The van der Waals surface area contributed by atoms with Crippen molar-refractivity contribution in [1.82, 2.24) is 9.55 Å². The van der Waals surface area contributed by atoms with E-state index in [-0.39, 0.29) is 12.1 Å². The summed E-state index contributed by atoms with van der Waals surface area (Å²) in [6, 6.07) is 7.85. The Kier molecular flexibility index (Phi) is 10.0. The van der Waals surface area contributed by atoms with Crippen LogP contribution in [0.25, 0.3) is 0 Å². The van der Waals surface area contributed by atoms with Gasteiger partial charge in [0, 0.05) is 24.4 Å². The van der Waals surface area contributed by atoms with Crippen LogP contribution in [0.1, 0.15) is 26.3 Å². The van der Waals surface area contributed by atoms with E-state index in [2.05, 4.69) is 18.8 Å². The van der Waals surface area contributed by atoms with Crippen molar-refractivity contribution in [3.8, 4) is 5.75 Å². The van der Waals surface area contributed by atoms with Crippen LogP contribution >= 0.6 is 0 Å². The first-order valence-corrected chi connectivity index (χ1v) is 8.87. The molecule has 0 radical (unpaired) electrons. The summed E-state index contributed by atoms with van der Waals surface area (Å²) in [6.45, 7) is 7.48. The zero-order valence-corrected chi connectivity index (χ0v) is 16.7. The number of rotatable bonds is 8. The second kappa shape index (κ2) is 12.3. The number of allylic oxidation sites excluding steroid dienone is 1. The predicted octanol–water partition coefficient (Wildman–Crippen LogP) is 3.07. The Morgan fingerprint density at radius 2 is 1.86 bits per heavy atom. The maximum atomic E-state index is 12.1. The van der Waals surface area contributed by atoms with E-state index >= 15 is 0 Å². The molecule has 0 spiro atoms. The summed E-state index contributed by atoms with van der Waals surface area (Å²) in [6.07, 6.45) is 6.24. The number of benzene rings is 1. The fourth-order valence-corrected chi connectivity index (χ4v) is 2.44. The van der Waals surface area contributed by atoms with Crippen molar-refractivity contribution < 1.29 is 23.9 Å². The smallest absolute Gasteiger partial charge is 0.373 e. The van der Waals surface area contributed by atoms with Crippen molar-refractivity contribution >= 4 is 12.1 Å². The Bertz CT molecular complexity index is 787. The first-order chi connectivity index (χ1) is 13.4. The highest BCUT2D eigenvalue weighted by Crippen LogP contribution is 2.21. The van der Waals surface area contributed by atoms with Crippen LogP contribution < -0.4 is 4.74 Å². The number of nitrogens with zero attached hydrogens (tertiary/aromatic N) is 2. The quantitative estimate of drug-likeness (QED) is 0.512. The van der Waals surface area contributed by atoms with Gasteiger partial charge in [0.05, 0.1) is 20.0 Å². The van der Waals surface area contributed by atoms with E-state index in [1.807, 2.05) is 42.0 Å². The number of methoxy groups -OCH3 is 1. The Balaban J connectivity index is 0.00000122. The molecule has 150 valence electrons. The summed E-state index contributed by atoms with van der Waals surface area (Å²) < 4.78 is 12.6. The van der Waals surface area contributed by atoms with Gasteiger partial charge in [-0.25, -0.2) is 9.78 Å². The van der Waals surface area contributed by atoms with Crippen LogP contribution in [-0.4, -0.2) is 35.4 Å². The normalized spacial score (nSPS) is 11.0. The molecule has 7 nitrogen and oxygen atoms in total. The SMILES string of the molecule is COC(=O)/C(Cc1ccc(OCCn2ccnc2)cc1)=C(\C)C(C)C.O=C=O. The second-order valence-corrected chi connectivity index (χ2v) is 6.36. The highest BCUT2D eigenvalue weighted by Gasteiger charge is 2.16. The highest BCUT2D eigenvalue weighted by molar-refractivity contribution is 5.89. The van der Waals surface area contributed by atoms with E-state index in [1.54, 1.807) is 12.5 Å². The predicted molar refractivity (Wildman–Crippen MR) is 102 cm³/mol. The molecule has 0 aliphatic heterocycles. The van der Waals surface area contributed by atoms with Gasteiger partial charge in [0.15, 0.2) is 0 Å². The number of hydrogen-bond acceptors (Lipinski definition) is 6. The standard InChI is InChI=1S/C20H26N2O3.CO2/c1-15(2)16(3)19(20(23)24-4)13-17-5-7-18(8-6-17)25-12-11-22-10-9-21-14-22;2-1-3/h5-10,14-15H,11-13H2,1-4H3;/b19-16+;. The van der Waals surface area contributed by atoms with Gasteiger partial charge in [-0.15, -0.1) is 0 Å². The molecule has 1 aromatic carbocycles. The van der Waals surface area contributed by atoms with Gasteiger partial charge in [0.1, 0.15) is 12.4 Å². The number of ether oxygens (including phenoxy) is 2. The number of imidazole rings is 1. The Hall–Kier alpha value is -3.18. The van der Waals surface area contributed by atoms with Crippen LogP contribution in [0, 0.1) is 5.92 Å². The zero-order chi connectivity index (χ0) is 20.9. The lowest BCUT2D eigenvalue weighted by molar-refractivity contribution is -0.191. The monoisotopic (exact) mass is 386 g/mol. The minimum atomic E-state index is -0.258. The molecule has 0 N–H and O–H groups in total. The Labute approximate surface area is 165 Å². The second-order valence-electron chi connectivity index (χ2n) is 6.36. The molecule has 2 aromatic rings. The maximum Gasteiger partial charge on any atom is 0.373 e. The van der Waals surface area contributed by atoms with E-state index < -0.39 is 0 Å². The first-order valence-electron chi connectivity index (χ1n) is 8.87. The average Bonchev–Trinajstić information content (AvgIpc) is 3.20. The molecule has 0 fully saturated rings. The molecule has 0 aliphatic rings. The van der Waals surface area contributed by atoms with Gasteiger partial charge < -0.3 is 14.0 Å². The Morgan fingerprint density at radius 3 is 2.36 bits per heavy atom. The molecular weight excluding hydrogens is 360 g/mol. The number of carbonyl (C=O) groups excluding carboxylic acids is 3. The van der Waals surface area contributed by atoms with E-state index in [0.717, 1.165) is 29.0 Å². The van der Waals surface area contributed by atoms with E-state index in [1.165, 1.54) is 7.11 Å². The minimum Gasteiger partial charge on any atom is -0.492 e.